The van der Waals surface area contributed by atoms with Gasteiger partial charge in [-0.1, -0.05) is 18.2 Å². The minimum Gasteiger partial charge on any atom is -0.457 e. The second kappa shape index (κ2) is 7.01. The van der Waals surface area contributed by atoms with Crippen LogP contribution in [0.1, 0.15) is 15.9 Å². The fraction of sp³-hybridized carbons (Fsp3) is 0.0952. The molecule has 0 aliphatic heterocycles. The van der Waals surface area contributed by atoms with Crippen LogP contribution in [-0.4, -0.2) is 19.9 Å². The highest BCUT2D eigenvalue weighted by atomic mass is 16.5. The Bertz CT molecular complexity index is 807. The molecule has 0 spiro atoms. The van der Waals surface area contributed by atoms with Gasteiger partial charge in [0.05, 0.1) is 0 Å². The summed E-state index contributed by atoms with van der Waals surface area (Å²) in [6.07, 6.45) is 0. The lowest BCUT2D eigenvalue weighted by atomic mass is 10.0. The van der Waals surface area contributed by atoms with E-state index in [1.807, 2.05) is 85.7 Å². The standard InChI is InChI=1S/C21H19NO2/c1-22(2)18-12-8-16(9-13-18)21(23)17-10-14-20(15-11-17)24-19-6-4-3-5-7-19/h3-15H,1-2H3. The molecule has 0 saturated heterocycles. The first-order valence-electron chi connectivity index (χ1n) is 7.78. The summed E-state index contributed by atoms with van der Waals surface area (Å²) < 4.78 is 5.74. The van der Waals surface area contributed by atoms with Gasteiger partial charge in [-0.15, -0.1) is 0 Å². The number of rotatable bonds is 5. The van der Waals surface area contributed by atoms with E-state index in [0.717, 1.165) is 11.4 Å². The van der Waals surface area contributed by atoms with Crippen LogP contribution in [0.3, 0.4) is 0 Å². The normalized spacial score (nSPS) is 10.2. The van der Waals surface area contributed by atoms with E-state index in [4.69, 9.17) is 4.74 Å². The van der Waals surface area contributed by atoms with Gasteiger partial charge in [0.1, 0.15) is 11.5 Å². The minimum absolute atomic E-state index is 0.00608. The highest BCUT2D eigenvalue weighted by Crippen LogP contribution is 2.22. The van der Waals surface area contributed by atoms with Crippen LogP contribution in [-0.2, 0) is 0 Å². The smallest absolute Gasteiger partial charge is 0.193 e. The van der Waals surface area contributed by atoms with Crippen LogP contribution in [0.4, 0.5) is 5.69 Å². The molecule has 0 amide bonds. The summed E-state index contributed by atoms with van der Waals surface area (Å²) in [5, 5.41) is 0. The monoisotopic (exact) mass is 317 g/mol. The van der Waals surface area contributed by atoms with Crippen molar-refractivity contribution in [2.45, 2.75) is 0 Å². The maximum absolute atomic E-state index is 12.5. The molecule has 0 radical (unpaired) electrons. The Morgan fingerprint density at radius 2 is 1.21 bits per heavy atom. The lowest BCUT2D eigenvalue weighted by Gasteiger charge is -2.12. The third-order valence-corrected chi connectivity index (χ3v) is 3.74. The molecule has 0 aliphatic carbocycles. The summed E-state index contributed by atoms with van der Waals surface area (Å²) in [4.78, 5) is 14.5. The summed E-state index contributed by atoms with van der Waals surface area (Å²) in [7, 11) is 3.95. The Hall–Kier alpha value is -3.07. The van der Waals surface area contributed by atoms with E-state index in [0.29, 0.717) is 16.9 Å². The molecule has 0 saturated carbocycles. The molecular weight excluding hydrogens is 298 g/mol. The molecule has 0 atom stereocenters. The average Bonchev–Trinajstić information content (AvgIpc) is 2.63. The number of hydrogen-bond donors (Lipinski definition) is 0. The molecule has 0 heterocycles. The molecular formula is C21H19NO2. The number of anilines is 1. The van der Waals surface area contributed by atoms with Gasteiger partial charge >= 0.3 is 0 Å². The number of nitrogens with zero attached hydrogens (tertiary/aromatic N) is 1. The summed E-state index contributed by atoms with van der Waals surface area (Å²) in [6.45, 7) is 0. The van der Waals surface area contributed by atoms with Gasteiger partial charge in [-0.2, -0.15) is 0 Å². The van der Waals surface area contributed by atoms with Crippen molar-refractivity contribution >= 4 is 11.5 Å². The van der Waals surface area contributed by atoms with Gasteiger partial charge in [-0.05, 0) is 60.7 Å². The molecule has 3 heteroatoms. The second-order valence-electron chi connectivity index (χ2n) is 5.71. The zero-order valence-electron chi connectivity index (χ0n) is 13.8. The van der Waals surface area contributed by atoms with Crippen molar-refractivity contribution in [3.8, 4) is 11.5 Å². The third kappa shape index (κ3) is 3.63. The molecule has 3 aromatic carbocycles. The fourth-order valence-corrected chi connectivity index (χ4v) is 2.38. The van der Waals surface area contributed by atoms with Crippen molar-refractivity contribution < 1.29 is 9.53 Å². The topological polar surface area (TPSA) is 29.5 Å². The van der Waals surface area contributed by atoms with Gasteiger partial charge < -0.3 is 9.64 Å². The Morgan fingerprint density at radius 3 is 1.75 bits per heavy atom. The molecule has 3 nitrogen and oxygen atoms in total. The Labute approximate surface area is 142 Å². The van der Waals surface area contributed by atoms with Crippen LogP contribution in [0.5, 0.6) is 11.5 Å². The molecule has 3 rings (SSSR count). The number of carbonyl (C=O) groups is 1. The first-order chi connectivity index (χ1) is 11.6. The van der Waals surface area contributed by atoms with Crippen LogP contribution in [0.2, 0.25) is 0 Å². The number of para-hydroxylation sites is 1. The second-order valence-corrected chi connectivity index (χ2v) is 5.71. The molecule has 3 aromatic rings. The number of ketones is 1. The molecule has 24 heavy (non-hydrogen) atoms. The van der Waals surface area contributed by atoms with Gasteiger partial charge in [0.15, 0.2) is 5.78 Å². The van der Waals surface area contributed by atoms with E-state index in [-0.39, 0.29) is 5.78 Å². The van der Waals surface area contributed by atoms with Crippen molar-refractivity contribution in [2.24, 2.45) is 0 Å². The van der Waals surface area contributed by atoms with E-state index >= 15 is 0 Å². The van der Waals surface area contributed by atoms with Crippen molar-refractivity contribution in [1.82, 2.24) is 0 Å². The zero-order valence-corrected chi connectivity index (χ0v) is 13.8. The van der Waals surface area contributed by atoms with Crippen molar-refractivity contribution in [2.75, 3.05) is 19.0 Å². The van der Waals surface area contributed by atoms with E-state index in [2.05, 4.69) is 0 Å². The third-order valence-electron chi connectivity index (χ3n) is 3.74. The number of ether oxygens (including phenoxy) is 1. The average molecular weight is 317 g/mol. The highest BCUT2D eigenvalue weighted by molar-refractivity contribution is 6.09. The van der Waals surface area contributed by atoms with E-state index in [1.165, 1.54) is 0 Å². The van der Waals surface area contributed by atoms with Crippen LogP contribution >= 0.6 is 0 Å². The first kappa shape index (κ1) is 15.8. The maximum Gasteiger partial charge on any atom is 0.193 e. The number of carbonyl (C=O) groups excluding carboxylic acids is 1. The van der Waals surface area contributed by atoms with Gasteiger partial charge in [-0.3, -0.25) is 4.79 Å². The highest BCUT2D eigenvalue weighted by Gasteiger charge is 2.09. The van der Waals surface area contributed by atoms with E-state index < -0.39 is 0 Å². The van der Waals surface area contributed by atoms with E-state index in [9.17, 15) is 4.79 Å². The quantitative estimate of drug-likeness (QED) is 0.634. The van der Waals surface area contributed by atoms with Gasteiger partial charge in [0.25, 0.3) is 0 Å². The maximum atomic E-state index is 12.5. The Balaban J connectivity index is 1.74. The van der Waals surface area contributed by atoms with Gasteiger partial charge in [-0.25, -0.2) is 0 Å². The van der Waals surface area contributed by atoms with Crippen LogP contribution in [0, 0.1) is 0 Å². The van der Waals surface area contributed by atoms with Crippen LogP contribution in [0.25, 0.3) is 0 Å². The zero-order chi connectivity index (χ0) is 16.9. The molecule has 0 fully saturated rings. The fourth-order valence-electron chi connectivity index (χ4n) is 2.38. The minimum atomic E-state index is 0.00608. The lowest BCUT2D eigenvalue weighted by molar-refractivity contribution is 0.103. The van der Waals surface area contributed by atoms with Crippen LogP contribution < -0.4 is 9.64 Å². The Kier molecular flexibility index (Phi) is 4.62. The van der Waals surface area contributed by atoms with Gasteiger partial charge in [0, 0.05) is 30.9 Å². The summed E-state index contributed by atoms with van der Waals surface area (Å²) in [6, 6.07) is 24.4. The van der Waals surface area contributed by atoms with Crippen molar-refractivity contribution in [1.29, 1.82) is 0 Å². The molecule has 120 valence electrons. The molecule has 0 N–H and O–H groups in total. The lowest BCUT2D eigenvalue weighted by Crippen LogP contribution is -2.09. The SMILES string of the molecule is CN(C)c1ccc(C(=O)c2ccc(Oc3ccccc3)cc2)cc1. The predicted molar refractivity (Wildman–Crippen MR) is 97.2 cm³/mol. The predicted octanol–water partition coefficient (Wildman–Crippen LogP) is 4.78. The molecule has 0 unspecified atom stereocenters. The van der Waals surface area contributed by atoms with E-state index in [1.54, 1.807) is 12.1 Å². The first-order valence-corrected chi connectivity index (χ1v) is 7.78. The summed E-state index contributed by atoms with van der Waals surface area (Å²) >= 11 is 0. The number of benzene rings is 3. The molecule has 0 aromatic heterocycles. The Morgan fingerprint density at radius 1 is 0.708 bits per heavy atom. The van der Waals surface area contributed by atoms with Crippen molar-refractivity contribution in [3.05, 3.63) is 90.0 Å². The molecule has 0 bridgehead atoms. The van der Waals surface area contributed by atoms with Gasteiger partial charge in [0.2, 0.25) is 0 Å². The van der Waals surface area contributed by atoms with Crippen LogP contribution in [0.15, 0.2) is 78.9 Å². The van der Waals surface area contributed by atoms with Crippen molar-refractivity contribution in [3.63, 3.8) is 0 Å². The molecule has 0 aliphatic rings. The summed E-state index contributed by atoms with van der Waals surface area (Å²) in [5.74, 6) is 1.49. The largest absolute Gasteiger partial charge is 0.457 e. The summed E-state index contributed by atoms with van der Waals surface area (Å²) in [5.41, 5.74) is 2.39. The number of hydrogen-bond acceptors (Lipinski definition) is 3.